The van der Waals surface area contributed by atoms with Crippen LogP contribution in [0.1, 0.15) is 11.1 Å². The van der Waals surface area contributed by atoms with Crippen LogP contribution in [0.5, 0.6) is 0 Å². The molecule has 1 aromatic rings. The van der Waals surface area contributed by atoms with E-state index in [1.807, 2.05) is 25.1 Å². The molecule has 0 spiro atoms. The molecule has 2 nitrogen and oxygen atoms in total. The zero-order valence-corrected chi connectivity index (χ0v) is 8.99. The minimum atomic E-state index is -0.0307. The maximum atomic E-state index is 8.94. The Labute approximate surface area is 85.8 Å². The standard InChI is InChI=1S/C12H16N2/c1-10-5-4-6-11(7-10)8-12(9-13)14(2)3/h4-7,12H,8H2,1-3H3. The first kappa shape index (κ1) is 10.7. The SMILES string of the molecule is Cc1cccc(CC(C#N)N(C)C)c1. The van der Waals surface area contributed by atoms with E-state index < -0.39 is 0 Å². The molecule has 74 valence electrons. The number of nitrogens with zero attached hydrogens (tertiary/aromatic N) is 2. The Morgan fingerprint density at radius 3 is 2.64 bits per heavy atom. The molecule has 1 rings (SSSR count). The van der Waals surface area contributed by atoms with Gasteiger partial charge in [0.15, 0.2) is 0 Å². The number of nitriles is 1. The van der Waals surface area contributed by atoms with Gasteiger partial charge in [0.05, 0.1) is 6.07 Å². The maximum absolute atomic E-state index is 8.94. The highest BCUT2D eigenvalue weighted by atomic mass is 15.1. The van der Waals surface area contributed by atoms with Gasteiger partial charge in [-0.3, -0.25) is 4.90 Å². The monoisotopic (exact) mass is 188 g/mol. The third-order valence-electron chi connectivity index (χ3n) is 2.28. The Hall–Kier alpha value is -1.33. The fourth-order valence-corrected chi connectivity index (χ4v) is 1.41. The van der Waals surface area contributed by atoms with Crippen LogP contribution in [0, 0.1) is 18.3 Å². The molecule has 14 heavy (non-hydrogen) atoms. The summed E-state index contributed by atoms with van der Waals surface area (Å²) in [5.41, 5.74) is 2.48. The van der Waals surface area contributed by atoms with Crippen LogP contribution in [0.4, 0.5) is 0 Å². The van der Waals surface area contributed by atoms with Gasteiger partial charge in [0.1, 0.15) is 6.04 Å². The molecule has 0 heterocycles. The van der Waals surface area contributed by atoms with Crippen LogP contribution < -0.4 is 0 Å². The molecule has 0 fully saturated rings. The van der Waals surface area contributed by atoms with Gasteiger partial charge in [-0.05, 0) is 26.6 Å². The normalized spacial score (nSPS) is 12.5. The Morgan fingerprint density at radius 2 is 2.14 bits per heavy atom. The number of benzene rings is 1. The van der Waals surface area contributed by atoms with Gasteiger partial charge in [0.2, 0.25) is 0 Å². The molecule has 0 amide bonds. The second kappa shape index (κ2) is 4.78. The lowest BCUT2D eigenvalue weighted by molar-refractivity contribution is 0.348. The molecular formula is C12H16N2. The van der Waals surface area contributed by atoms with E-state index >= 15 is 0 Å². The fourth-order valence-electron chi connectivity index (χ4n) is 1.41. The molecule has 1 atom stereocenters. The highest BCUT2D eigenvalue weighted by Gasteiger charge is 2.10. The first-order valence-corrected chi connectivity index (χ1v) is 4.75. The van der Waals surface area contributed by atoms with Crippen molar-refractivity contribution in [1.82, 2.24) is 4.90 Å². The van der Waals surface area contributed by atoms with Crippen LogP contribution in [-0.2, 0) is 6.42 Å². The van der Waals surface area contributed by atoms with Gasteiger partial charge in [-0.25, -0.2) is 0 Å². The summed E-state index contributed by atoms with van der Waals surface area (Å²) in [6.45, 7) is 2.07. The van der Waals surface area contributed by atoms with Crippen LogP contribution in [0.15, 0.2) is 24.3 Å². The molecule has 2 heteroatoms. The van der Waals surface area contributed by atoms with Crippen LogP contribution in [0.25, 0.3) is 0 Å². The van der Waals surface area contributed by atoms with E-state index in [1.165, 1.54) is 11.1 Å². The molecular weight excluding hydrogens is 172 g/mol. The zero-order chi connectivity index (χ0) is 10.6. The summed E-state index contributed by atoms with van der Waals surface area (Å²) in [7, 11) is 3.87. The topological polar surface area (TPSA) is 27.0 Å². The third kappa shape index (κ3) is 2.86. The van der Waals surface area contributed by atoms with Crippen LogP contribution in [0.2, 0.25) is 0 Å². The molecule has 0 radical (unpaired) electrons. The number of aryl methyl sites for hydroxylation is 1. The summed E-state index contributed by atoms with van der Waals surface area (Å²) >= 11 is 0. The maximum Gasteiger partial charge on any atom is 0.101 e. The van der Waals surface area contributed by atoms with Crippen molar-refractivity contribution >= 4 is 0 Å². The fraction of sp³-hybridized carbons (Fsp3) is 0.417. The van der Waals surface area contributed by atoms with Crippen LogP contribution in [0.3, 0.4) is 0 Å². The summed E-state index contributed by atoms with van der Waals surface area (Å²) in [4.78, 5) is 1.95. The van der Waals surface area contributed by atoms with Gasteiger partial charge < -0.3 is 0 Å². The summed E-state index contributed by atoms with van der Waals surface area (Å²) < 4.78 is 0. The third-order valence-corrected chi connectivity index (χ3v) is 2.28. The Kier molecular flexibility index (Phi) is 3.67. The lowest BCUT2D eigenvalue weighted by Gasteiger charge is -2.16. The molecule has 1 unspecified atom stereocenters. The highest BCUT2D eigenvalue weighted by molar-refractivity contribution is 5.24. The Balaban J connectivity index is 2.73. The lowest BCUT2D eigenvalue weighted by Crippen LogP contribution is -2.28. The lowest BCUT2D eigenvalue weighted by atomic mass is 10.0. The molecule has 0 aromatic heterocycles. The van der Waals surface area contributed by atoms with Gasteiger partial charge in [-0.15, -0.1) is 0 Å². The summed E-state index contributed by atoms with van der Waals surface area (Å²) in [5, 5.41) is 8.94. The van der Waals surface area contributed by atoms with Crippen molar-refractivity contribution in [3.05, 3.63) is 35.4 Å². The van der Waals surface area contributed by atoms with Crippen LogP contribution >= 0.6 is 0 Å². The summed E-state index contributed by atoms with van der Waals surface area (Å²) in [6.07, 6.45) is 0.797. The van der Waals surface area contributed by atoms with Crippen molar-refractivity contribution < 1.29 is 0 Å². The van der Waals surface area contributed by atoms with E-state index in [9.17, 15) is 0 Å². The average molecular weight is 188 g/mol. The van der Waals surface area contributed by atoms with E-state index in [4.69, 9.17) is 5.26 Å². The molecule has 0 aliphatic carbocycles. The minimum Gasteiger partial charge on any atom is -0.294 e. The van der Waals surface area contributed by atoms with E-state index in [1.54, 1.807) is 0 Å². The van der Waals surface area contributed by atoms with Crippen molar-refractivity contribution in [2.75, 3.05) is 14.1 Å². The minimum absolute atomic E-state index is 0.0307. The van der Waals surface area contributed by atoms with Gasteiger partial charge in [0.25, 0.3) is 0 Å². The van der Waals surface area contributed by atoms with Crippen molar-refractivity contribution in [3.8, 4) is 6.07 Å². The van der Waals surface area contributed by atoms with E-state index in [-0.39, 0.29) is 6.04 Å². The quantitative estimate of drug-likeness (QED) is 0.725. The summed E-state index contributed by atoms with van der Waals surface area (Å²) in [5.74, 6) is 0. The number of hydrogen-bond donors (Lipinski definition) is 0. The molecule has 0 bridgehead atoms. The first-order chi connectivity index (χ1) is 6.63. The van der Waals surface area contributed by atoms with E-state index in [2.05, 4.69) is 31.2 Å². The van der Waals surface area contributed by atoms with Gasteiger partial charge in [-0.2, -0.15) is 5.26 Å². The number of hydrogen-bond acceptors (Lipinski definition) is 2. The second-order valence-corrected chi connectivity index (χ2v) is 3.80. The average Bonchev–Trinajstić information content (AvgIpc) is 2.14. The largest absolute Gasteiger partial charge is 0.294 e. The van der Waals surface area contributed by atoms with E-state index in [0.29, 0.717) is 0 Å². The van der Waals surface area contributed by atoms with Crippen molar-refractivity contribution in [2.45, 2.75) is 19.4 Å². The number of rotatable bonds is 3. The summed E-state index contributed by atoms with van der Waals surface area (Å²) in [6, 6.07) is 10.6. The Bertz CT molecular complexity index is 336. The molecule has 0 aliphatic heterocycles. The highest BCUT2D eigenvalue weighted by Crippen LogP contribution is 2.08. The van der Waals surface area contributed by atoms with Crippen molar-refractivity contribution in [1.29, 1.82) is 5.26 Å². The van der Waals surface area contributed by atoms with Gasteiger partial charge in [-0.1, -0.05) is 29.8 Å². The first-order valence-electron chi connectivity index (χ1n) is 4.75. The van der Waals surface area contributed by atoms with Crippen molar-refractivity contribution in [2.24, 2.45) is 0 Å². The molecule has 0 saturated carbocycles. The molecule has 1 aromatic carbocycles. The zero-order valence-electron chi connectivity index (χ0n) is 8.99. The van der Waals surface area contributed by atoms with Crippen molar-refractivity contribution in [3.63, 3.8) is 0 Å². The predicted molar refractivity (Wildman–Crippen MR) is 58.0 cm³/mol. The molecule has 0 N–H and O–H groups in total. The smallest absolute Gasteiger partial charge is 0.101 e. The van der Waals surface area contributed by atoms with Gasteiger partial charge in [0, 0.05) is 6.42 Å². The second-order valence-electron chi connectivity index (χ2n) is 3.80. The molecule has 0 aliphatic rings. The van der Waals surface area contributed by atoms with E-state index in [0.717, 1.165) is 6.42 Å². The predicted octanol–water partition coefficient (Wildman–Crippen LogP) is 1.99. The van der Waals surface area contributed by atoms with Gasteiger partial charge >= 0.3 is 0 Å². The number of likely N-dealkylation sites (N-methyl/N-ethyl adjacent to an activating group) is 1. The Morgan fingerprint density at radius 1 is 1.43 bits per heavy atom. The molecule has 0 saturated heterocycles. The van der Waals surface area contributed by atoms with Crippen LogP contribution in [-0.4, -0.2) is 25.0 Å².